The van der Waals surface area contributed by atoms with Gasteiger partial charge in [0, 0.05) is 12.3 Å². The largest absolute Gasteiger partial charge is 0.372 e. The second-order valence-electron chi connectivity index (χ2n) is 6.94. The maximum atomic E-state index is 12.1. The van der Waals surface area contributed by atoms with Gasteiger partial charge in [-0.1, -0.05) is 20.8 Å². The van der Waals surface area contributed by atoms with Crippen molar-refractivity contribution in [1.82, 2.24) is 0 Å². The summed E-state index contributed by atoms with van der Waals surface area (Å²) < 4.78 is 6.32. The van der Waals surface area contributed by atoms with Gasteiger partial charge in [-0.25, -0.2) is 0 Å². The summed E-state index contributed by atoms with van der Waals surface area (Å²) in [6.07, 6.45) is 3.26. The van der Waals surface area contributed by atoms with Crippen LogP contribution in [0.1, 0.15) is 53.9 Å². The molecule has 2 nitrogen and oxygen atoms in total. The summed E-state index contributed by atoms with van der Waals surface area (Å²) in [5, 5.41) is 0. The number of hydrogen-bond acceptors (Lipinski definition) is 2. The number of carbonyl (C=O) groups is 1. The van der Waals surface area contributed by atoms with Gasteiger partial charge in [0.2, 0.25) is 0 Å². The Labute approximate surface area is 105 Å². The maximum absolute atomic E-state index is 12.1. The normalized spacial score (nSPS) is 40.7. The van der Waals surface area contributed by atoms with Crippen LogP contribution in [-0.4, -0.2) is 17.5 Å². The molecule has 0 aromatic carbocycles. The summed E-state index contributed by atoms with van der Waals surface area (Å²) in [4.78, 5) is 12.1. The molecule has 98 valence electrons. The van der Waals surface area contributed by atoms with Crippen LogP contribution < -0.4 is 0 Å². The van der Waals surface area contributed by atoms with E-state index in [0.29, 0.717) is 23.5 Å². The van der Waals surface area contributed by atoms with E-state index >= 15 is 0 Å². The van der Waals surface area contributed by atoms with Crippen molar-refractivity contribution in [2.45, 2.75) is 65.6 Å². The maximum Gasteiger partial charge on any atom is 0.136 e. The SMILES string of the molecule is CC(C)C[C@@H]1OC(C)(C)[C@H]2CC(=O)[C@@H](C)[C@@H]1C2. The lowest BCUT2D eigenvalue weighted by molar-refractivity contribution is -0.198. The Balaban J connectivity index is 2.20. The molecule has 0 radical (unpaired) electrons. The molecule has 0 aromatic heterocycles. The van der Waals surface area contributed by atoms with Crippen molar-refractivity contribution >= 4 is 5.78 Å². The minimum absolute atomic E-state index is 0.119. The monoisotopic (exact) mass is 238 g/mol. The van der Waals surface area contributed by atoms with E-state index in [1.54, 1.807) is 0 Å². The van der Waals surface area contributed by atoms with Crippen molar-refractivity contribution in [2.75, 3.05) is 0 Å². The highest BCUT2D eigenvalue weighted by Gasteiger charge is 2.49. The first-order valence-corrected chi connectivity index (χ1v) is 7.01. The lowest BCUT2D eigenvalue weighted by Crippen LogP contribution is -2.54. The van der Waals surface area contributed by atoms with E-state index in [-0.39, 0.29) is 17.6 Å². The Hall–Kier alpha value is -0.370. The van der Waals surface area contributed by atoms with Crippen LogP contribution in [0.2, 0.25) is 0 Å². The van der Waals surface area contributed by atoms with Crippen molar-refractivity contribution in [3.8, 4) is 0 Å². The topological polar surface area (TPSA) is 26.3 Å². The molecule has 1 saturated carbocycles. The summed E-state index contributed by atoms with van der Waals surface area (Å²) in [5.74, 6) is 2.18. The lowest BCUT2D eigenvalue weighted by Gasteiger charge is -2.51. The van der Waals surface area contributed by atoms with Crippen LogP contribution in [0.25, 0.3) is 0 Å². The zero-order valence-corrected chi connectivity index (χ0v) is 11.8. The van der Waals surface area contributed by atoms with Gasteiger partial charge in [0.25, 0.3) is 0 Å². The molecule has 0 N–H and O–H groups in total. The Kier molecular flexibility index (Phi) is 3.37. The van der Waals surface area contributed by atoms with E-state index in [1.165, 1.54) is 6.42 Å². The summed E-state index contributed by atoms with van der Waals surface area (Å²) in [5.41, 5.74) is -0.119. The van der Waals surface area contributed by atoms with Crippen LogP contribution in [0.15, 0.2) is 0 Å². The minimum Gasteiger partial charge on any atom is -0.372 e. The van der Waals surface area contributed by atoms with Crippen molar-refractivity contribution in [2.24, 2.45) is 23.7 Å². The Morgan fingerprint density at radius 3 is 2.65 bits per heavy atom. The molecule has 1 heterocycles. The minimum atomic E-state index is -0.119. The van der Waals surface area contributed by atoms with Crippen molar-refractivity contribution in [1.29, 1.82) is 0 Å². The average molecular weight is 238 g/mol. The second-order valence-corrected chi connectivity index (χ2v) is 6.94. The molecule has 4 atom stereocenters. The average Bonchev–Trinajstić information content (AvgIpc) is 2.18. The first-order chi connectivity index (χ1) is 7.81. The Bertz CT molecular complexity index is 306. The molecule has 0 aromatic rings. The molecule has 2 bridgehead atoms. The van der Waals surface area contributed by atoms with E-state index in [1.807, 2.05) is 0 Å². The fourth-order valence-electron chi connectivity index (χ4n) is 3.55. The van der Waals surface area contributed by atoms with Crippen molar-refractivity contribution in [3.63, 3.8) is 0 Å². The van der Waals surface area contributed by atoms with E-state index in [0.717, 1.165) is 12.8 Å². The Morgan fingerprint density at radius 1 is 1.41 bits per heavy atom. The van der Waals surface area contributed by atoms with Crippen LogP contribution in [0, 0.1) is 23.7 Å². The lowest BCUT2D eigenvalue weighted by atomic mass is 9.64. The molecule has 2 fully saturated rings. The van der Waals surface area contributed by atoms with E-state index in [9.17, 15) is 4.79 Å². The van der Waals surface area contributed by atoms with Gasteiger partial charge in [0.15, 0.2) is 0 Å². The molecule has 2 rings (SSSR count). The number of hydrogen-bond donors (Lipinski definition) is 0. The summed E-state index contributed by atoms with van der Waals surface area (Å²) in [7, 11) is 0. The van der Waals surface area contributed by atoms with E-state index in [2.05, 4.69) is 34.6 Å². The van der Waals surface area contributed by atoms with E-state index < -0.39 is 0 Å². The number of carbonyl (C=O) groups excluding carboxylic acids is 1. The molecule has 0 spiro atoms. The molecule has 17 heavy (non-hydrogen) atoms. The fraction of sp³-hybridized carbons (Fsp3) is 0.933. The first kappa shape index (κ1) is 13.1. The molecule has 0 amide bonds. The van der Waals surface area contributed by atoms with Crippen LogP contribution in [0.5, 0.6) is 0 Å². The zero-order chi connectivity index (χ0) is 12.8. The predicted molar refractivity (Wildman–Crippen MR) is 68.8 cm³/mol. The van der Waals surface area contributed by atoms with Gasteiger partial charge in [-0.05, 0) is 44.4 Å². The van der Waals surface area contributed by atoms with Crippen LogP contribution in [0.4, 0.5) is 0 Å². The highest BCUT2D eigenvalue weighted by molar-refractivity contribution is 5.82. The van der Waals surface area contributed by atoms with Gasteiger partial charge in [-0.15, -0.1) is 0 Å². The standard InChI is InChI=1S/C15H26O2/c1-9(2)6-14-12-7-11(15(4,5)17-14)8-13(16)10(12)3/h9-12,14H,6-8H2,1-5H3/t10-,11+,12-,14-/m0/s1. The molecular weight excluding hydrogens is 212 g/mol. The molecule has 2 heteroatoms. The third-order valence-corrected chi connectivity index (χ3v) is 4.77. The van der Waals surface area contributed by atoms with Gasteiger partial charge < -0.3 is 4.74 Å². The van der Waals surface area contributed by atoms with Gasteiger partial charge in [-0.3, -0.25) is 4.79 Å². The summed E-state index contributed by atoms with van der Waals surface area (Å²) >= 11 is 0. The highest BCUT2D eigenvalue weighted by Crippen LogP contribution is 2.47. The summed E-state index contributed by atoms with van der Waals surface area (Å²) in [6, 6.07) is 0. The molecular formula is C15H26O2. The van der Waals surface area contributed by atoms with Crippen molar-refractivity contribution in [3.05, 3.63) is 0 Å². The second kappa shape index (κ2) is 4.38. The van der Waals surface area contributed by atoms with Gasteiger partial charge in [-0.2, -0.15) is 0 Å². The van der Waals surface area contributed by atoms with Gasteiger partial charge in [0.05, 0.1) is 11.7 Å². The fourth-order valence-corrected chi connectivity index (χ4v) is 3.55. The Morgan fingerprint density at radius 2 is 2.06 bits per heavy atom. The first-order valence-electron chi connectivity index (χ1n) is 7.01. The summed E-state index contributed by atoms with van der Waals surface area (Å²) in [6.45, 7) is 10.9. The third-order valence-electron chi connectivity index (χ3n) is 4.77. The smallest absolute Gasteiger partial charge is 0.136 e. The number of ether oxygens (including phenoxy) is 1. The number of fused-ring (bicyclic) bond motifs is 2. The molecule has 1 saturated heterocycles. The van der Waals surface area contributed by atoms with Gasteiger partial charge >= 0.3 is 0 Å². The molecule has 1 aliphatic carbocycles. The molecule has 1 aliphatic heterocycles. The van der Waals surface area contributed by atoms with Gasteiger partial charge in [0.1, 0.15) is 5.78 Å². The zero-order valence-electron chi connectivity index (χ0n) is 11.8. The van der Waals surface area contributed by atoms with Crippen LogP contribution >= 0.6 is 0 Å². The van der Waals surface area contributed by atoms with Crippen LogP contribution in [0.3, 0.4) is 0 Å². The molecule has 2 aliphatic rings. The highest BCUT2D eigenvalue weighted by atomic mass is 16.5. The number of ketones is 1. The number of rotatable bonds is 2. The number of Topliss-reactive ketones (excluding diaryl/α,β-unsaturated/α-hetero) is 1. The van der Waals surface area contributed by atoms with Crippen molar-refractivity contribution < 1.29 is 9.53 Å². The predicted octanol–water partition coefficient (Wildman–Crippen LogP) is 3.44. The third kappa shape index (κ3) is 2.42. The quantitative estimate of drug-likeness (QED) is 0.736. The van der Waals surface area contributed by atoms with E-state index in [4.69, 9.17) is 4.74 Å². The molecule has 0 unspecified atom stereocenters. The van der Waals surface area contributed by atoms with Crippen LogP contribution in [-0.2, 0) is 9.53 Å².